The first kappa shape index (κ1) is 14.5. The summed E-state index contributed by atoms with van der Waals surface area (Å²) in [6.45, 7) is 0.847. The van der Waals surface area contributed by atoms with Crippen molar-refractivity contribution in [3.05, 3.63) is 41.5 Å². The quantitative estimate of drug-likeness (QED) is 0.792. The molecule has 0 unspecified atom stereocenters. The molecule has 1 saturated heterocycles. The van der Waals surface area contributed by atoms with E-state index < -0.39 is 0 Å². The van der Waals surface area contributed by atoms with Gasteiger partial charge in [-0.05, 0) is 37.0 Å². The van der Waals surface area contributed by atoms with E-state index in [-0.39, 0.29) is 11.9 Å². The highest BCUT2D eigenvalue weighted by molar-refractivity contribution is 7.99. The Morgan fingerprint density at radius 1 is 1.29 bits per heavy atom. The Hall–Kier alpha value is -1.40. The number of halogens is 1. The standard InChI is InChI=1S/C15H17FN2O2S/c16-12-5-3-4-11(8-12)9-14-17-18-15(20-14)21-10-13-6-1-2-7-19-13/h3-5,8,13H,1-2,6-7,9-10H2/t13-/m0/s1. The molecule has 1 aliphatic heterocycles. The first-order valence-corrected chi connectivity index (χ1v) is 8.09. The lowest BCUT2D eigenvalue weighted by molar-refractivity contribution is 0.0314. The second-order valence-electron chi connectivity index (χ2n) is 5.07. The van der Waals surface area contributed by atoms with Crippen LogP contribution in [0.3, 0.4) is 0 Å². The van der Waals surface area contributed by atoms with Crippen molar-refractivity contribution in [3.63, 3.8) is 0 Å². The monoisotopic (exact) mass is 308 g/mol. The van der Waals surface area contributed by atoms with Crippen LogP contribution < -0.4 is 0 Å². The number of hydrogen-bond donors (Lipinski definition) is 0. The maximum absolute atomic E-state index is 13.1. The molecule has 112 valence electrons. The molecule has 0 N–H and O–H groups in total. The lowest BCUT2D eigenvalue weighted by Gasteiger charge is -2.21. The second kappa shape index (κ2) is 7.04. The summed E-state index contributed by atoms with van der Waals surface area (Å²) in [5.74, 6) is 1.09. The van der Waals surface area contributed by atoms with Gasteiger partial charge in [-0.1, -0.05) is 23.9 Å². The molecule has 1 aromatic heterocycles. The van der Waals surface area contributed by atoms with Crippen molar-refractivity contribution in [2.75, 3.05) is 12.4 Å². The van der Waals surface area contributed by atoms with Gasteiger partial charge in [0.25, 0.3) is 5.22 Å². The molecule has 2 heterocycles. The van der Waals surface area contributed by atoms with Crippen LogP contribution in [-0.2, 0) is 11.2 Å². The van der Waals surface area contributed by atoms with E-state index >= 15 is 0 Å². The van der Waals surface area contributed by atoms with Crippen molar-refractivity contribution in [1.29, 1.82) is 0 Å². The maximum Gasteiger partial charge on any atom is 0.276 e. The summed E-state index contributed by atoms with van der Waals surface area (Å²) in [5.41, 5.74) is 0.825. The van der Waals surface area contributed by atoms with Crippen molar-refractivity contribution in [2.45, 2.75) is 37.0 Å². The van der Waals surface area contributed by atoms with Gasteiger partial charge in [0.2, 0.25) is 5.89 Å². The van der Waals surface area contributed by atoms with E-state index in [9.17, 15) is 4.39 Å². The molecular formula is C15H17FN2O2S. The smallest absolute Gasteiger partial charge is 0.276 e. The zero-order valence-corrected chi connectivity index (χ0v) is 12.4. The number of thioether (sulfide) groups is 1. The zero-order valence-electron chi connectivity index (χ0n) is 11.6. The van der Waals surface area contributed by atoms with Gasteiger partial charge in [-0.3, -0.25) is 0 Å². The Balaban J connectivity index is 1.53. The van der Waals surface area contributed by atoms with Gasteiger partial charge in [-0.15, -0.1) is 10.2 Å². The normalized spacial score (nSPS) is 18.8. The van der Waals surface area contributed by atoms with Crippen LogP contribution >= 0.6 is 11.8 Å². The van der Waals surface area contributed by atoms with E-state index in [1.807, 2.05) is 6.07 Å². The van der Waals surface area contributed by atoms with Gasteiger partial charge in [0.05, 0.1) is 12.5 Å². The molecule has 0 aliphatic carbocycles. The molecule has 21 heavy (non-hydrogen) atoms. The Morgan fingerprint density at radius 3 is 3.05 bits per heavy atom. The predicted octanol–water partition coefficient (Wildman–Crippen LogP) is 3.46. The summed E-state index contributed by atoms with van der Waals surface area (Å²) in [6, 6.07) is 6.42. The van der Waals surface area contributed by atoms with Crippen LogP contribution in [0.2, 0.25) is 0 Å². The number of nitrogens with zero attached hydrogens (tertiary/aromatic N) is 2. The fourth-order valence-corrected chi connectivity index (χ4v) is 3.14. The van der Waals surface area contributed by atoms with Crippen LogP contribution in [0.25, 0.3) is 0 Å². The Morgan fingerprint density at radius 2 is 2.24 bits per heavy atom. The van der Waals surface area contributed by atoms with Gasteiger partial charge in [-0.25, -0.2) is 4.39 Å². The molecular weight excluding hydrogens is 291 g/mol. The summed E-state index contributed by atoms with van der Waals surface area (Å²) >= 11 is 1.52. The summed E-state index contributed by atoms with van der Waals surface area (Å²) in [4.78, 5) is 0. The van der Waals surface area contributed by atoms with Crippen molar-refractivity contribution in [1.82, 2.24) is 10.2 Å². The fourth-order valence-electron chi connectivity index (χ4n) is 2.29. The second-order valence-corrected chi connectivity index (χ2v) is 6.04. The van der Waals surface area contributed by atoms with Gasteiger partial charge < -0.3 is 9.15 Å². The molecule has 0 saturated carbocycles. The van der Waals surface area contributed by atoms with Crippen molar-refractivity contribution in [2.24, 2.45) is 0 Å². The topological polar surface area (TPSA) is 48.2 Å². The molecule has 0 bridgehead atoms. The van der Waals surface area contributed by atoms with E-state index in [0.29, 0.717) is 17.5 Å². The Labute approximate surface area is 127 Å². The molecule has 2 aromatic rings. The van der Waals surface area contributed by atoms with E-state index in [4.69, 9.17) is 9.15 Å². The van der Waals surface area contributed by atoms with E-state index in [2.05, 4.69) is 10.2 Å². The fraction of sp³-hybridized carbons (Fsp3) is 0.467. The highest BCUT2D eigenvalue weighted by Gasteiger charge is 2.16. The molecule has 4 nitrogen and oxygen atoms in total. The average Bonchev–Trinajstić information content (AvgIpc) is 2.94. The van der Waals surface area contributed by atoms with Crippen LogP contribution in [0.4, 0.5) is 4.39 Å². The third kappa shape index (κ3) is 4.28. The van der Waals surface area contributed by atoms with Gasteiger partial charge in [0.1, 0.15) is 5.82 Å². The largest absolute Gasteiger partial charge is 0.416 e. The first-order chi connectivity index (χ1) is 10.3. The van der Waals surface area contributed by atoms with Crippen LogP contribution in [-0.4, -0.2) is 28.7 Å². The van der Waals surface area contributed by atoms with Gasteiger partial charge in [0.15, 0.2) is 0 Å². The molecule has 6 heteroatoms. The minimum Gasteiger partial charge on any atom is -0.416 e. The minimum absolute atomic E-state index is 0.254. The Bertz CT molecular complexity index is 585. The maximum atomic E-state index is 13.1. The summed E-state index contributed by atoms with van der Waals surface area (Å²) < 4.78 is 24.4. The minimum atomic E-state index is -0.254. The van der Waals surface area contributed by atoms with Crippen LogP contribution in [0.1, 0.15) is 30.7 Å². The zero-order chi connectivity index (χ0) is 14.5. The van der Waals surface area contributed by atoms with E-state index in [0.717, 1.165) is 30.8 Å². The number of ether oxygens (including phenoxy) is 1. The Kier molecular flexibility index (Phi) is 4.87. The lowest BCUT2D eigenvalue weighted by atomic mass is 10.1. The summed E-state index contributed by atoms with van der Waals surface area (Å²) in [5, 5.41) is 8.57. The molecule has 1 atom stereocenters. The number of benzene rings is 1. The number of rotatable bonds is 5. The van der Waals surface area contributed by atoms with Crippen molar-refractivity contribution < 1.29 is 13.5 Å². The van der Waals surface area contributed by atoms with Crippen LogP contribution in [0.15, 0.2) is 33.9 Å². The first-order valence-electron chi connectivity index (χ1n) is 7.11. The van der Waals surface area contributed by atoms with Crippen LogP contribution in [0, 0.1) is 5.82 Å². The van der Waals surface area contributed by atoms with E-state index in [1.54, 1.807) is 6.07 Å². The molecule has 0 radical (unpaired) electrons. The predicted molar refractivity (Wildman–Crippen MR) is 77.8 cm³/mol. The van der Waals surface area contributed by atoms with Crippen molar-refractivity contribution >= 4 is 11.8 Å². The highest BCUT2D eigenvalue weighted by Crippen LogP contribution is 2.23. The average molecular weight is 308 g/mol. The van der Waals surface area contributed by atoms with Gasteiger partial charge in [-0.2, -0.15) is 0 Å². The molecule has 1 fully saturated rings. The molecule has 1 aromatic carbocycles. The van der Waals surface area contributed by atoms with Gasteiger partial charge in [0, 0.05) is 12.4 Å². The third-order valence-electron chi connectivity index (χ3n) is 3.36. The van der Waals surface area contributed by atoms with Gasteiger partial charge >= 0.3 is 0 Å². The van der Waals surface area contributed by atoms with E-state index in [1.165, 1.54) is 30.3 Å². The lowest BCUT2D eigenvalue weighted by Crippen LogP contribution is -2.21. The SMILES string of the molecule is Fc1cccc(Cc2nnc(SC[C@@H]3CCCCO3)o2)c1. The molecule has 0 spiro atoms. The summed E-state index contributed by atoms with van der Waals surface area (Å²) in [7, 11) is 0. The number of hydrogen-bond acceptors (Lipinski definition) is 5. The molecule has 3 rings (SSSR count). The highest BCUT2D eigenvalue weighted by atomic mass is 32.2. The third-order valence-corrected chi connectivity index (χ3v) is 4.31. The summed E-state index contributed by atoms with van der Waals surface area (Å²) in [6.07, 6.45) is 4.20. The van der Waals surface area contributed by atoms with Crippen LogP contribution in [0.5, 0.6) is 0 Å². The molecule has 1 aliphatic rings. The number of aromatic nitrogens is 2. The molecule has 0 amide bonds. The van der Waals surface area contributed by atoms with Crippen molar-refractivity contribution in [3.8, 4) is 0 Å².